The van der Waals surface area contributed by atoms with Gasteiger partial charge in [0, 0.05) is 18.0 Å². The van der Waals surface area contributed by atoms with Crippen molar-refractivity contribution in [2.75, 3.05) is 33.2 Å². The maximum absolute atomic E-state index is 11.9. The Morgan fingerprint density at radius 1 is 1.24 bits per heavy atom. The van der Waals surface area contributed by atoms with Crippen LogP contribution in [0.1, 0.15) is 24.3 Å². The van der Waals surface area contributed by atoms with Crippen LogP contribution < -0.4 is 5.32 Å². The van der Waals surface area contributed by atoms with Gasteiger partial charge in [-0.3, -0.25) is 14.5 Å². The van der Waals surface area contributed by atoms with Crippen LogP contribution in [0.4, 0.5) is 0 Å². The molecule has 1 heterocycles. The van der Waals surface area contributed by atoms with Gasteiger partial charge in [-0.25, -0.2) is 0 Å². The van der Waals surface area contributed by atoms with E-state index < -0.39 is 0 Å². The second-order valence-corrected chi connectivity index (χ2v) is 6.04. The zero-order valence-electron chi connectivity index (χ0n) is 13.3. The second kappa shape index (κ2) is 8.79. The van der Waals surface area contributed by atoms with Crippen LogP contribution in [0.5, 0.6) is 0 Å². The van der Waals surface area contributed by atoms with Gasteiger partial charge >= 0.3 is 0 Å². The molecule has 2 amide bonds. The molecule has 1 N–H and O–H groups in total. The molecular formula is C15H25N3O2S. The monoisotopic (exact) mass is 311 g/mol. The van der Waals surface area contributed by atoms with E-state index in [0.29, 0.717) is 19.6 Å². The van der Waals surface area contributed by atoms with E-state index in [2.05, 4.69) is 5.32 Å². The van der Waals surface area contributed by atoms with Crippen LogP contribution in [-0.4, -0.2) is 54.8 Å². The molecule has 0 radical (unpaired) electrons. The fourth-order valence-corrected chi connectivity index (χ4v) is 2.87. The summed E-state index contributed by atoms with van der Waals surface area (Å²) in [5.74, 6) is 0.00190. The molecule has 0 spiro atoms. The van der Waals surface area contributed by atoms with Crippen LogP contribution in [-0.2, 0) is 16.1 Å². The number of hydrogen-bond donors (Lipinski definition) is 1. The van der Waals surface area contributed by atoms with E-state index in [9.17, 15) is 9.59 Å². The van der Waals surface area contributed by atoms with E-state index >= 15 is 0 Å². The number of carbonyl (C=O) groups excluding carboxylic acids is 2. The number of thiophene rings is 1. The summed E-state index contributed by atoms with van der Waals surface area (Å²) >= 11 is 1.64. The topological polar surface area (TPSA) is 52.7 Å². The normalized spacial score (nSPS) is 10.7. The first-order valence-corrected chi connectivity index (χ1v) is 8.11. The summed E-state index contributed by atoms with van der Waals surface area (Å²) in [5.41, 5.74) is 1.20. The Balaban J connectivity index is 2.33. The smallest absolute Gasteiger partial charge is 0.236 e. The van der Waals surface area contributed by atoms with E-state index in [-0.39, 0.29) is 24.9 Å². The Bertz CT molecular complexity index is 469. The Hall–Kier alpha value is -1.40. The zero-order valence-corrected chi connectivity index (χ0v) is 14.1. The summed E-state index contributed by atoms with van der Waals surface area (Å²) in [5, 5.41) is 4.91. The lowest BCUT2D eigenvalue weighted by atomic mass is 10.3. The standard InChI is InChI=1S/C15H25N3O2S/c1-5-18(6-2)15(20)11-17(4)10-14(19)16-9-13-12(3)7-8-21-13/h7-8H,5-6,9-11H2,1-4H3,(H,16,19). The van der Waals surface area contributed by atoms with Gasteiger partial charge < -0.3 is 10.2 Å². The lowest BCUT2D eigenvalue weighted by Gasteiger charge is -2.22. The molecule has 0 saturated carbocycles. The van der Waals surface area contributed by atoms with Crippen LogP contribution in [0.15, 0.2) is 11.4 Å². The average molecular weight is 311 g/mol. The molecule has 0 aliphatic heterocycles. The van der Waals surface area contributed by atoms with Gasteiger partial charge in [0.2, 0.25) is 11.8 Å². The highest BCUT2D eigenvalue weighted by Gasteiger charge is 2.14. The average Bonchev–Trinajstić information content (AvgIpc) is 2.83. The number of carbonyl (C=O) groups is 2. The van der Waals surface area contributed by atoms with Crippen molar-refractivity contribution in [1.29, 1.82) is 0 Å². The number of likely N-dealkylation sites (N-methyl/N-ethyl adjacent to an activating group) is 2. The maximum atomic E-state index is 11.9. The van der Waals surface area contributed by atoms with Crippen molar-refractivity contribution in [1.82, 2.24) is 15.1 Å². The molecule has 0 saturated heterocycles. The summed E-state index contributed by atoms with van der Waals surface area (Å²) in [6.45, 7) is 8.41. The van der Waals surface area contributed by atoms with Crippen molar-refractivity contribution < 1.29 is 9.59 Å². The SMILES string of the molecule is CCN(CC)C(=O)CN(C)CC(=O)NCc1sccc1C. The lowest BCUT2D eigenvalue weighted by molar-refractivity contribution is -0.132. The predicted molar refractivity (Wildman–Crippen MR) is 86.3 cm³/mol. The first kappa shape index (κ1) is 17.7. The van der Waals surface area contributed by atoms with E-state index in [4.69, 9.17) is 0 Å². The molecule has 0 bridgehead atoms. The number of aryl methyl sites for hydroxylation is 1. The van der Waals surface area contributed by atoms with Gasteiger partial charge in [-0.05, 0) is 44.8 Å². The Morgan fingerprint density at radius 3 is 2.43 bits per heavy atom. The van der Waals surface area contributed by atoms with Gasteiger partial charge in [0.15, 0.2) is 0 Å². The number of hydrogen-bond acceptors (Lipinski definition) is 4. The van der Waals surface area contributed by atoms with E-state index in [1.807, 2.05) is 32.2 Å². The minimum absolute atomic E-state index is 0.0577. The zero-order chi connectivity index (χ0) is 15.8. The molecule has 0 aromatic carbocycles. The predicted octanol–water partition coefficient (Wildman–Crippen LogP) is 1.47. The number of nitrogens with one attached hydrogen (secondary N) is 1. The summed E-state index contributed by atoms with van der Waals surface area (Å²) in [6.07, 6.45) is 0. The van der Waals surface area contributed by atoms with Crippen LogP contribution in [0.2, 0.25) is 0 Å². The van der Waals surface area contributed by atoms with Gasteiger partial charge in [0.1, 0.15) is 0 Å². The van der Waals surface area contributed by atoms with Crippen molar-refractivity contribution in [2.45, 2.75) is 27.3 Å². The van der Waals surface area contributed by atoms with Crippen LogP contribution in [0, 0.1) is 6.92 Å². The molecule has 5 nitrogen and oxygen atoms in total. The molecule has 1 aromatic rings. The molecule has 0 aliphatic rings. The van der Waals surface area contributed by atoms with Crippen LogP contribution in [0.3, 0.4) is 0 Å². The number of nitrogens with zero attached hydrogens (tertiary/aromatic N) is 2. The van der Waals surface area contributed by atoms with Crippen molar-refractivity contribution in [2.24, 2.45) is 0 Å². The molecule has 0 unspecified atom stereocenters. The molecule has 1 aromatic heterocycles. The minimum Gasteiger partial charge on any atom is -0.350 e. The highest BCUT2D eigenvalue weighted by molar-refractivity contribution is 7.10. The van der Waals surface area contributed by atoms with E-state index in [0.717, 1.165) is 0 Å². The Kier molecular flexibility index (Phi) is 7.39. The number of amides is 2. The Morgan fingerprint density at radius 2 is 1.90 bits per heavy atom. The highest BCUT2D eigenvalue weighted by atomic mass is 32.1. The van der Waals surface area contributed by atoms with E-state index in [1.54, 1.807) is 28.2 Å². The molecule has 0 aliphatic carbocycles. The molecule has 21 heavy (non-hydrogen) atoms. The number of rotatable bonds is 8. The van der Waals surface area contributed by atoms with Gasteiger partial charge in [0.25, 0.3) is 0 Å². The van der Waals surface area contributed by atoms with Gasteiger partial charge in [-0.2, -0.15) is 0 Å². The summed E-state index contributed by atoms with van der Waals surface area (Å²) < 4.78 is 0. The molecule has 0 atom stereocenters. The van der Waals surface area contributed by atoms with Crippen LogP contribution in [0.25, 0.3) is 0 Å². The van der Waals surface area contributed by atoms with E-state index in [1.165, 1.54) is 10.4 Å². The van der Waals surface area contributed by atoms with Gasteiger partial charge in [-0.1, -0.05) is 0 Å². The summed E-state index contributed by atoms with van der Waals surface area (Å²) in [7, 11) is 1.79. The molecule has 118 valence electrons. The fraction of sp³-hybridized carbons (Fsp3) is 0.600. The van der Waals surface area contributed by atoms with Crippen molar-refractivity contribution in [3.05, 3.63) is 21.9 Å². The third kappa shape index (κ3) is 5.85. The minimum atomic E-state index is -0.0577. The summed E-state index contributed by atoms with van der Waals surface area (Å²) in [4.78, 5) is 28.5. The van der Waals surface area contributed by atoms with Crippen LogP contribution >= 0.6 is 11.3 Å². The van der Waals surface area contributed by atoms with Gasteiger partial charge in [0.05, 0.1) is 19.6 Å². The molecular weight excluding hydrogens is 286 g/mol. The largest absolute Gasteiger partial charge is 0.350 e. The first-order valence-electron chi connectivity index (χ1n) is 7.23. The quantitative estimate of drug-likeness (QED) is 0.791. The Labute approximate surface area is 130 Å². The molecule has 6 heteroatoms. The first-order chi connectivity index (χ1) is 9.97. The lowest BCUT2D eigenvalue weighted by Crippen LogP contribution is -2.42. The van der Waals surface area contributed by atoms with Gasteiger partial charge in [-0.15, -0.1) is 11.3 Å². The fourth-order valence-electron chi connectivity index (χ4n) is 2.03. The highest BCUT2D eigenvalue weighted by Crippen LogP contribution is 2.14. The third-order valence-electron chi connectivity index (χ3n) is 3.35. The van der Waals surface area contributed by atoms with Crippen molar-refractivity contribution in [3.63, 3.8) is 0 Å². The van der Waals surface area contributed by atoms with Crippen molar-refractivity contribution >= 4 is 23.2 Å². The third-order valence-corrected chi connectivity index (χ3v) is 4.37. The second-order valence-electron chi connectivity index (χ2n) is 5.04. The van der Waals surface area contributed by atoms with Crippen molar-refractivity contribution in [3.8, 4) is 0 Å². The summed E-state index contributed by atoms with van der Waals surface area (Å²) in [6, 6.07) is 2.04. The molecule has 1 rings (SSSR count). The maximum Gasteiger partial charge on any atom is 0.236 e. The molecule has 0 fully saturated rings.